The maximum absolute atomic E-state index is 12.8. The van der Waals surface area contributed by atoms with E-state index in [-0.39, 0.29) is 13.0 Å². The number of nitrogens with zero attached hydrogens (tertiary/aromatic N) is 1. The number of benzene rings is 2. The number of ether oxygens (including phenoxy) is 1. The van der Waals surface area contributed by atoms with Crippen LogP contribution in [0.5, 0.6) is 0 Å². The molecule has 0 saturated carbocycles. The molecule has 0 aliphatic heterocycles. The molecule has 3 nitrogen and oxygen atoms in total. The van der Waals surface area contributed by atoms with Crippen LogP contribution in [0.2, 0.25) is 0 Å². The minimum Gasteiger partial charge on any atom is -0.495 e. The van der Waals surface area contributed by atoms with Crippen molar-refractivity contribution < 1.29 is 23.0 Å². The predicted molar refractivity (Wildman–Crippen MR) is 115 cm³/mol. The van der Waals surface area contributed by atoms with E-state index in [1.807, 2.05) is 60.7 Å². The number of rotatable bonds is 9. The maximum atomic E-state index is 12.8. The Morgan fingerprint density at radius 1 is 0.903 bits per heavy atom. The lowest BCUT2D eigenvalue weighted by molar-refractivity contribution is -0.0881. The summed E-state index contributed by atoms with van der Waals surface area (Å²) >= 11 is 0. The minimum atomic E-state index is -4.39. The molecule has 1 N–H and O–H groups in total. The third-order valence-electron chi connectivity index (χ3n) is 4.82. The van der Waals surface area contributed by atoms with Gasteiger partial charge in [0.15, 0.2) is 0 Å². The van der Waals surface area contributed by atoms with Gasteiger partial charge in [-0.3, -0.25) is 4.90 Å². The fourth-order valence-corrected chi connectivity index (χ4v) is 3.33. The van der Waals surface area contributed by atoms with Crippen molar-refractivity contribution in [1.82, 2.24) is 4.90 Å². The SMILES string of the molecule is OC(COC1=CC=C(C(F)(F)F)C=CC1)CN(Cc1ccccc1)Cc1ccccc1. The van der Waals surface area contributed by atoms with Crippen molar-refractivity contribution in [2.75, 3.05) is 13.2 Å². The highest BCUT2D eigenvalue weighted by atomic mass is 19.4. The van der Waals surface area contributed by atoms with Crippen molar-refractivity contribution in [3.8, 4) is 0 Å². The maximum Gasteiger partial charge on any atom is 0.416 e. The lowest BCUT2D eigenvalue weighted by atomic mass is 10.1. The zero-order valence-electron chi connectivity index (χ0n) is 17.1. The summed E-state index contributed by atoms with van der Waals surface area (Å²) in [5.74, 6) is 0.396. The normalized spacial score (nSPS) is 15.3. The predicted octanol–water partition coefficient (Wildman–Crippen LogP) is 5.40. The Kier molecular flexibility index (Phi) is 8.09. The molecule has 164 valence electrons. The van der Waals surface area contributed by atoms with Crippen LogP contribution >= 0.6 is 0 Å². The van der Waals surface area contributed by atoms with Crippen LogP contribution in [-0.4, -0.2) is 35.4 Å². The van der Waals surface area contributed by atoms with Gasteiger partial charge in [0.2, 0.25) is 0 Å². The second kappa shape index (κ2) is 11.0. The van der Waals surface area contributed by atoms with E-state index in [0.29, 0.717) is 25.4 Å². The molecule has 1 atom stereocenters. The van der Waals surface area contributed by atoms with Gasteiger partial charge in [-0.15, -0.1) is 0 Å². The molecular weight excluding hydrogens is 403 g/mol. The van der Waals surface area contributed by atoms with Crippen LogP contribution in [0.4, 0.5) is 13.2 Å². The highest BCUT2D eigenvalue weighted by Gasteiger charge is 2.31. The van der Waals surface area contributed by atoms with Crippen LogP contribution in [0.1, 0.15) is 17.5 Å². The largest absolute Gasteiger partial charge is 0.495 e. The third-order valence-corrected chi connectivity index (χ3v) is 4.82. The molecule has 1 aliphatic rings. The van der Waals surface area contributed by atoms with Crippen molar-refractivity contribution in [2.45, 2.75) is 31.8 Å². The number of aliphatic hydroxyl groups excluding tert-OH is 1. The zero-order valence-corrected chi connectivity index (χ0v) is 17.1. The van der Waals surface area contributed by atoms with Crippen LogP contribution < -0.4 is 0 Å². The van der Waals surface area contributed by atoms with Crippen LogP contribution in [0, 0.1) is 0 Å². The molecule has 0 radical (unpaired) electrons. The van der Waals surface area contributed by atoms with E-state index in [0.717, 1.165) is 23.3 Å². The van der Waals surface area contributed by atoms with Gasteiger partial charge < -0.3 is 9.84 Å². The first-order chi connectivity index (χ1) is 14.9. The molecule has 0 fully saturated rings. The second-order valence-electron chi connectivity index (χ2n) is 7.46. The summed E-state index contributed by atoms with van der Waals surface area (Å²) in [5, 5.41) is 10.6. The Labute approximate surface area is 180 Å². The summed E-state index contributed by atoms with van der Waals surface area (Å²) in [6, 6.07) is 20.0. The van der Waals surface area contributed by atoms with Gasteiger partial charge in [-0.25, -0.2) is 0 Å². The lowest BCUT2D eigenvalue weighted by Gasteiger charge is -2.25. The smallest absolute Gasteiger partial charge is 0.416 e. The monoisotopic (exact) mass is 429 g/mol. The van der Waals surface area contributed by atoms with E-state index < -0.39 is 17.9 Å². The Balaban J connectivity index is 1.59. The van der Waals surface area contributed by atoms with Crippen molar-refractivity contribution in [3.63, 3.8) is 0 Å². The van der Waals surface area contributed by atoms with Gasteiger partial charge in [-0.05, 0) is 23.3 Å². The van der Waals surface area contributed by atoms with Crippen LogP contribution in [-0.2, 0) is 17.8 Å². The molecule has 6 heteroatoms. The molecule has 1 unspecified atom stereocenters. The fourth-order valence-electron chi connectivity index (χ4n) is 3.33. The number of aliphatic hydroxyl groups is 1. The summed E-state index contributed by atoms with van der Waals surface area (Å²) in [7, 11) is 0. The lowest BCUT2D eigenvalue weighted by Crippen LogP contribution is -2.34. The van der Waals surface area contributed by atoms with E-state index in [9.17, 15) is 18.3 Å². The van der Waals surface area contributed by atoms with E-state index in [4.69, 9.17) is 4.74 Å². The molecule has 31 heavy (non-hydrogen) atoms. The minimum absolute atomic E-state index is 0.00887. The van der Waals surface area contributed by atoms with Gasteiger partial charge in [0.1, 0.15) is 12.7 Å². The third kappa shape index (κ3) is 7.74. The summed E-state index contributed by atoms with van der Waals surface area (Å²) in [5.41, 5.74) is 1.55. The molecule has 2 aromatic rings. The van der Waals surface area contributed by atoms with Crippen molar-refractivity contribution in [2.24, 2.45) is 0 Å². The summed E-state index contributed by atoms with van der Waals surface area (Å²) in [6.07, 6.45) is -0.139. The molecule has 0 saturated heterocycles. The number of hydrogen-bond acceptors (Lipinski definition) is 3. The second-order valence-corrected chi connectivity index (χ2v) is 7.46. The number of hydrogen-bond donors (Lipinski definition) is 1. The number of alkyl halides is 3. The highest BCUT2D eigenvalue weighted by Crippen LogP contribution is 2.28. The van der Waals surface area contributed by atoms with Crippen molar-refractivity contribution in [3.05, 3.63) is 107 Å². The summed E-state index contributed by atoms with van der Waals surface area (Å²) in [6.45, 7) is 1.71. The first-order valence-electron chi connectivity index (χ1n) is 10.2. The van der Waals surface area contributed by atoms with Crippen molar-refractivity contribution >= 4 is 0 Å². The summed E-state index contributed by atoms with van der Waals surface area (Å²) in [4.78, 5) is 2.13. The Morgan fingerprint density at radius 3 is 2.03 bits per heavy atom. The number of halogens is 3. The average molecular weight is 429 g/mol. The van der Waals surface area contributed by atoms with Crippen LogP contribution in [0.3, 0.4) is 0 Å². The van der Waals surface area contributed by atoms with Crippen LogP contribution in [0.15, 0.2) is 96.3 Å². The average Bonchev–Trinajstić information content (AvgIpc) is 3.00. The Bertz CT molecular complexity index is 864. The van der Waals surface area contributed by atoms with Gasteiger partial charge in [0, 0.05) is 26.1 Å². The first kappa shape index (κ1) is 22.8. The molecule has 0 bridgehead atoms. The summed E-state index contributed by atoms with van der Waals surface area (Å²) < 4.78 is 44.1. The number of allylic oxidation sites excluding steroid dienone is 5. The van der Waals surface area contributed by atoms with Gasteiger partial charge in [-0.2, -0.15) is 13.2 Å². The van der Waals surface area contributed by atoms with E-state index >= 15 is 0 Å². The molecule has 0 heterocycles. The van der Waals surface area contributed by atoms with Gasteiger partial charge in [0.25, 0.3) is 0 Å². The molecule has 0 spiro atoms. The first-order valence-corrected chi connectivity index (χ1v) is 10.2. The van der Waals surface area contributed by atoms with E-state index in [1.54, 1.807) is 0 Å². The molecule has 2 aromatic carbocycles. The highest BCUT2D eigenvalue weighted by molar-refractivity contribution is 5.32. The van der Waals surface area contributed by atoms with Gasteiger partial charge >= 0.3 is 6.18 Å². The molecule has 3 rings (SSSR count). The Hall–Kier alpha value is -2.83. The van der Waals surface area contributed by atoms with E-state index in [2.05, 4.69) is 4.90 Å². The van der Waals surface area contributed by atoms with Gasteiger partial charge in [0.05, 0.1) is 11.3 Å². The topological polar surface area (TPSA) is 32.7 Å². The fraction of sp³-hybridized carbons (Fsp3) is 0.280. The molecule has 0 amide bonds. The van der Waals surface area contributed by atoms with Crippen LogP contribution in [0.25, 0.3) is 0 Å². The Morgan fingerprint density at radius 2 is 1.48 bits per heavy atom. The van der Waals surface area contributed by atoms with Crippen molar-refractivity contribution in [1.29, 1.82) is 0 Å². The molecular formula is C25H26F3NO2. The quantitative estimate of drug-likeness (QED) is 0.580. The molecule has 1 aliphatic carbocycles. The zero-order chi connectivity index (χ0) is 22.1. The van der Waals surface area contributed by atoms with Gasteiger partial charge in [-0.1, -0.05) is 72.8 Å². The van der Waals surface area contributed by atoms with E-state index in [1.165, 1.54) is 12.2 Å². The standard InChI is InChI=1S/C25H26F3NO2/c26-25(27,28)22-12-7-13-24(15-14-22)31-19-23(30)18-29(16-20-8-3-1-4-9-20)17-21-10-5-2-6-11-21/h1-12,14-15,23,30H,13,16-19H2. The molecule has 0 aromatic heterocycles.